The Hall–Kier alpha value is -2.44. The molecule has 4 N–H and O–H groups in total. The van der Waals surface area contributed by atoms with Crippen LogP contribution in [0.25, 0.3) is 0 Å². The van der Waals surface area contributed by atoms with E-state index in [4.69, 9.17) is 20.3 Å². The highest BCUT2D eigenvalue weighted by Crippen LogP contribution is 2.19. The first-order valence-electron chi connectivity index (χ1n) is 6.88. The molecule has 122 valence electrons. The number of carboxylic acid groups (broad SMARTS) is 1. The van der Waals surface area contributed by atoms with Gasteiger partial charge < -0.3 is 25.6 Å². The van der Waals surface area contributed by atoms with Gasteiger partial charge in [0.25, 0.3) is 0 Å². The van der Waals surface area contributed by atoms with Crippen LogP contribution in [-0.2, 0) is 9.53 Å². The van der Waals surface area contributed by atoms with Crippen LogP contribution in [0.2, 0.25) is 0 Å². The van der Waals surface area contributed by atoms with Crippen LogP contribution in [0, 0.1) is 0 Å². The zero-order valence-corrected chi connectivity index (χ0v) is 13.0. The fourth-order valence-corrected chi connectivity index (χ4v) is 1.61. The van der Waals surface area contributed by atoms with Gasteiger partial charge in [0.2, 0.25) is 0 Å². The zero-order chi connectivity index (χ0) is 16.8. The maximum absolute atomic E-state index is 11.6. The van der Waals surface area contributed by atoms with Gasteiger partial charge in [-0.1, -0.05) is 12.1 Å². The average Bonchev–Trinajstić information content (AvgIpc) is 2.37. The van der Waals surface area contributed by atoms with Gasteiger partial charge in [-0.05, 0) is 32.9 Å². The first-order chi connectivity index (χ1) is 10.2. The summed E-state index contributed by atoms with van der Waals surface area (Å²) >= 11 is 0. The smallest absolute Gasteiger partial charge is 0.408 e. The molecular formula is C15H22N2O5. The van der Waals surface area contributed by atoms with Crippen molar-refractivity contribution in [2.24, 2.45) is 0 Å². The summed E-state index contributed by atoms with van der Waals surface area (Å²) in [7, 11) is 0. The number of nitrogens with one attached hydrogen (secondary N) is 1. The van der Waals surface area contributed by atoms with Crippen molar-refractivity contribution in [1.82, 2.24) is 5.32 Å². The second-order valence-electron chi connectivity index (χ2n) is 5.71. The van der Waals surface area contributed by atoms with Crippen LogP contribution in [0.1, 0.15) is 27.2 Å². The number of ether oxygens (including phenoxy) is 2. The van der Waals surface area contributed by atoms with Crippen molar-refractivity contribution in [1.29, 1.82) is 0 Å². The Morgan fingerprint density at radius 1 is 1.32 bits per heavy atom. The maximum atomic E-state index is 11.6. The van der Waals surface area contributed by atoms with Crippen LogP contribution in [0.4, 0.5) is 10.5 Å². The van der Waals surface area contributed by atoms with E-state index < -0.39 is 23.7 Å². The van der Waals surface area contributed by atoms with Gasteiger partial charge in [-0.3, -0.25) is 0 Å². The summed E-state index contributed by atoms with van der Waals surface area (Å²) in [6.07, 6.45) is -0.692. The lowest BCUT2D eigenvalue weighted by Crippen LogP contribution is -2.44. The van der Waals surface area contributed by atoms with Crippen LogP contribution >= 0.6 is 0 Å². The minimum atomic E-state index is -1.16. The number of rotatable bonds is 6. The summed E-state index contributed by atoms with van der Waals surface area (Å²) in [5.41, 5.74) is 5.49. The molecule has 22 heavy (non-hydrogen) atoms. The summed E-state index contributed by atoms with van der Waals surface area (Å²) in [5, 5.41) is 11.4. The molecule has 7 nitrogen and oxygen atoms in total. The molecule has 1 atom stereocenters. The number of anilines is 1. The number of carboxylic acids is 1. The highest BCUT2D eigenvalue weighted by Gasteiger charge is 2.23. The highest BCUT2D eigenvalue weighted by molar-refractivity contribution is 5.80. The van der Waals surface area contributed by atoms with E-state index in [2.05, 4.69) is 5.32 Å². The van der Waals surface area contributed by atoms with Crippen molar-refractivity contribution in [3.05, 3.63) is 24.3 Å². The first-order valence-corrected chi connectivity index (χ1v) is 6.88. The molecule has 0 aliphatic carbocycles. The average molecular weight is 310 g/mol. The van der Waals surface area contributed by atoms with Gasteiger partial charge in [0.1, 0.15) is 17.4 Å². The molecule has 0 radical (unpaired) electrons. The monoisotopic (exact) mass is 310 g/mol. The van der Waals surface area contributed by atoms with Gasteiger partial charge in [-0.2, -0.15) is 0 Å². The Morgan fingerprint density at radius 2 is 1.95 bits per heavy atom. The van der Waals surface area contributed by atoms with E-state index >= 15 is 0 Å². The number of nitrogens with two attached hydrogens (primary N) is 1. The summed E-state index contributed by atoms with van der Waals surface area (Å²) in [4.78, 5) is 22.8. The van der Waals surface area contributed by atoms with Gasteiger partial charge in [0, 0.05) is 6.42 Å². The van der Waals surface area contributed by atoms with E-state index in [-0.39, 0.29) is 13.0 Å². The van der Waals surface area contributed by atoms with Crippen LogP contribution in [0.15, 0.2) is 24.3 Å². The minimum Gasteiger partial charge on any atom is -0.491 e. The van der Waals surface area contributed by atoms with E-state index in [0.29, 0.717) is 11.4 Å². The van der Waals surface area contributed by atoms with E-state index in [1.807, 2.05) is 0 Å². The molecule has 0 aliphatic heterocycles. The molecule has 1 aromatic carbocycles. The Bertz CT molecular complexity index is 525. The largest absolute Gasteiger partial charge is 0.491 e. The number of hydrogen-bond acceptors (Lipinski definition) is 5. The molecule has 1 amide bonds. The quantitative estimate of drug-likeness (QED) is 0.693. The van der Waals surface area contributed by atoms with Crippen LogP contribution in [-0.4, -0.2) is 35.4 Å². The summed E-state index contributed by atoms with van der Waals surface area (Å²) in [6, 6.07) is 5.81. The van der Waals surface area contributed by atoms with Gasteiger partial charge >= 0.3 is 12.1 Å². The second kappa shape index (κ2) is 7.53. The van der Waals surface area contributed by atoms with Crippen molar-refractivity contribution >= 4 is 17.7 Å². The van der Waals surface area contributed by atoms with Crippen LogP contribution < -0.4 is 15.8 Å². The third-order valence-corrected chi connectivity index (χ3v) is 2.57. The van der Waals surface area contributed by atoms with Crippen LogP contribution in [0.3, 0.4) is 0 Å². The minimum absolute atomic E-state index is 0.0862. The number of alkyl carbamates (subject to hydrolysis) is 1. The molecule has 0 saturated heterocycles. The molecule has 7 heteroatoms. The number of aliphatic carboxylic acids is 1. The lowest BCUT2D eigenvalue weighted by molar-refractivity contribution is -0.139. The number of carbonyl (C=O) groups is 2. The van der Waals surface area contributed by atoms with Gasteiger partial charge in [0.05, 0.1) is 12.3 Å². The molecule has 0 fully saturated rings. The van der Waals surface area contributed by atoms with Gasteiger partial charge in [-0.25, -0.2) is 9.59 Å². The van der Waals surface area contributed by atoms with E-state index in [1.165, 1.54) is 0 Å². The number of carbonyl (C=O) groups excluding carboxylic acids is 1. The SMILES string of the molecule is CC(C)(C)OC(=O)NC(CCOc1ccccc1N)C(=O)O. The standard InChI is InChI=1S/C15H22N2O5/c1-15(2,3)22-14(20)17-11(13(18)19)8-9-21-12-7-5-4-6-10(12)16/h4-7,11H,8-9,16H2,1-3H3,(H,17,20)(H,18,19). The normalized spacial score (nSPS) is 12.3. The molecule has 0 spiro atoms. The molecule has 1 unspecified atom stereocenters. The molecular weight excluding hydrogens is 288 g/mol. The number of para-hydroxylation sites is 2. The molecule has 0 aromatic heterocycles. The predicted molar refractivity (Wildman–Crippen MR) is 81.8 cm³/mol. The predicted octanol–water partition coefficient (Wildman–Crippen LogP) is 2.02. The molecule has 0 bridgehead atoms. The number of benzene rings is 1. The Balaban J connectivity index is 2.50. The first kappa shape index (κ1) is 17.6. The maximum Gasteiger partial charge on any atom is 0.408 e. The van der Waals surface area contributed by atoms with Gasteiger partial charge in [-0.15, -0.1) is 0 Å². The number of nitrogen functional groups attached to an aromatic ring is 1. The topological polar surface area (TPSA) is 111 Å². The summed E-state index contributed by atoms with van der Waals surface area (Å²) in [5.74, 6) is -0.681. The van der Waals surface area contributed by atoms with Crippen molar-refractivity contribution in [2.75, 3.05) is 12.3 Å². The highest BCUT2D eigenvalue weighted by atomic mass is 16.6. The van der Waals surface area contributed by atoms with Crippen LogP contribution in [0.5, 0.6) is 5.75 Å². The van der Waals surface area contributed by atoms with E-state index in [1.54, 1.807) is 45.0 Å². The number of amides is 1. The van der Waals surface area contributed by atoms with Gasteiger partial charge in [0.15, 0.2) is 0 Å². The van der Waals surface area contributed by atoms with Crippen molar-refractivity contribution in [3.8, 4) is 5.75 Å². The number of hydrogen-bond donors (Lipinski definition) is 3. The van der Waals surface area contributed by atoms with E-state index in [9.17, 15) is 9.59 Å². The van der Waals surface area contributed by atoms with E-state index in [0.717, 1.165) is 0 Å². The zero-order valence-electron chi connectivity index (χ0n) is 13.0. The Labute approximate surface area is 129 Å². The third-order valence-electron chi connectivity index (χ3n) is 2.57. The lowest BCUT2D eigenvalue weighted by atomic mass is 10.2. The third kappa shape index (κ3) is 6.34. The summed E-state index contributed by atoms with van der Waals surface area (Å²) in [6.45, 7) is 5.19. The molecule has 0 aliphatic rings. The van der Waals surface area contributed by atoms with Crippen molar-refractivity contribution in [3.63, 3.8) is 0 Å². The fraction of sp³-hybridized carbons (Fsp3) is 0.467. The second-order valence-corrected chi connectivity index (χ2v) is 5.71. The lowest BCUT2D eigenvalue weighted by Gasteiger charge is -2.22. The molecule has 1 rings (SSSR count). The molecule has 1 aromatic rings. The van der Waals surface area contributed by atoms with Crippen molar-refractivity contribution < 1.29 is 24.2 Å². The Kier molecular flexibility index (Phi) is 6.03. The Morgan fingerprint density at radius 3 is 2.50 bits per heavy atom. The molecule has 0 heterocycles. The fourth-order valence-electron chi connectivity index (χ4n) is 1.61. The summed E-state index contributed by atoms with van der Waals surface area (Å²) < 4.78 is 10.4. The van der Waals surface area contributed by atoms with Crippen molar-refractivity contribution in [2.45, 2.75) is 38.8 Å². The molecule has 0 saturated carbocycles.